The molecule has 0 aliphatic rings. The van der Waals surface area contributed by atoms with Gasteiger partial charge in [0, 0.05) is 11.1 Å². The molecule has 0 fully saturated rings. The molecule has 0 saturated carbocycles. The summed E-state index contributed by atoms with van der Waals surface area (Å²) in [6.07, 6.45) is 1.81. The van der Waals surface area contributed by atoms with Gasteiger partial charge >= 0.3 is 0 Å². The van der Waals surface area contributed by atoms with Gasteiger partial charge in [-0.1, -0.05) is 91.0 Å². The zero-order valence-electron chi connectivity index (χ0n) is 17.5. The zero-order chi connectivity index (χ0) is 21.6. The Morgan fingerprint density at radius 2 is 1.25 bits per heavy atom. The van der Waals surface area contributed by atoms with Crippen LogP contribution in [0.1, 0.15) is 5.56 Å². The van der Waals surface area contributed by atoms with Gasteiger partial charge in [0.15, 0.2) is 0 Å². The number of hydrazone groups is 1. The highest BCUT2D eigenvalue weighted by Gasteiger charge is 2.12. The topological polar surface area (TPSA) is 42.2 Å². The van der Waals surface area contributed by atoms with Crippen LogP contribution in [0.25, 0.3) is 28.2 Å². The van der Waals surface area contributed by atoms with Gasteiger partial charge in [-0.3, -0.25) is 5.43 Å². The summed E-state index contributed by atoms with van der Waals surface area (Å²) in [7, 11) is 0. The first-order valence-electron chi connectivity index (χ1n) is 10.5. The van der Waals surface area contributed by atoms with E-state index in [4.69, 9.17) is 5.10 Å². The van der Waals surface area contributed by atoms with Crippen molar-refractivity contribution in [3.63, 3.8) is 0 Å². The van der Waals surface area contributed by atoms with Crippen LogP contribution in [0.2, 0.25) is 0 Å². The molecule has 0 atom stereocenters. The standard InChI is InChI=1S/C28H22N4/c1-4-10-23(11-5-1)27-20-28(24-12-6-2-7-13-24)32(31-27)26-18-16-22(17-19-26)21-29-30-25-14-8-3-9-15-25/h1-21,30H/b29-21+. The summed E-state index contributed by atoms with van der Waals surface area (Å²) in [5.74, 6) is 0. The van der Waals surface area contributed by atoms with Crippen molar-refractivity contribution in [3.8, 4) is 28.2 Å². The molecule has 4 nitrogen and oxygen atoms in total. The summed E-state index contributed by atoms with van der Waals surface area (Å²) >= 11 is 0. The van der Waals surface area contributed by atoms with E-state index in [2.05, 4.69) is 53.0 Å². The minimum atomic E-state index is 0.946. The highest BCUT2D eigenvalue weighted by molar-refractivity contribution is 5.80. The van der Waals surface area contributed by atoms with E-state index < -0.39 is 0 Å². The maximum atomic E-state index is 4.93. The van der Waals surface area contributed by atoms with Gasteiger partial charge in [0.2, 0.25) is 0 Å². The van der Waals surface area contributed by atoms with Crippen molar-refractivity contribution < 1.29 is 0 Å². The second kappa shape index (κ2) is 9.14. The molecule has 4 aromatic carbocycles. The maximum Gasteiger partial charge on any atom is 0.0934 e. The first kappa shape index (κ1) is 19.5. The molecule has 1 heterocycles. The van der Waals surface area contributed by atoms with E-state index in [-0.39, 0.29) is 0 Å². The Kier molecular flexibility index (Phi) is 5.58. The van der Waals surface area contributed by atoms with E-state index >= 15 is 0 Å². The SMILES string of the molecule is C(=N\Nc1ccccc1)/c1ccc(-n2nc(-c3ccccc3)cc2-c2ccccc2)cc1. The van der Waals surface area contributed by atoms with E-state index in [0.717, 1.165) is 39.5 Å². The van der Waals surface area contributed by atoms with E-state index in [9.17, 15) is 0 Å². The van der Waals surface area contributed by atoms with Gasteiger partial charge in [-0.05, 0) is 35.9 Å². The summed E-state index contributed by atoms with van der Waals surface area (Å²) in [5.41, 5.74) is 10.2. The number of rotatable bonds is 6. The highest BCUT2D eigenvalue weighted by atomic mass is 15.3. The van der Waals surface area contributed by atoms with E-state index in [0.29, 0.717) is 0 Å². The van der Waals surface area contributed by atoms with Crippen molar-refractivity contribution in [1.82, 2.24) is 9.78 Å². The number of hydrogen-bond donors (Lipinski definition) is 1. The zero-order valence-corrected chi connectivity index (χ0v) is 17.5. The first-order valence-corrected chi connectivity index (χ1v) is 10.5. The Bertz CT molecular complexity index is 1310. The van der Waals surface area contributed by atoms with Crippen LogP contribution in [0.3, 0.4) is 0 Å². The van der Waals surface area contributed by atoms with E-state index in [1.54, 1.807) is 0 Å². The molecule has 0 aliphatic heterocycles. The summed E-state index contributed by atoms with van der Waals surface area (Å²) < 4.78 is 2.00. The van der Waals surface area contributed by atoms with E-state index in [1.807, 2.05) is 89.8 Å². The average Bonchev–Trinajstić information content (AvgIpc) is 3.32. The van der Waals surface area contributed by atoms with Gasteiger partial charge in [-0.15, -0.1) is 0 Å². The maximum absolute atomic E-state index is 4.93. The molecule has 5 rings (SSSR count). The van der Waals surface area contributed by atoms with Crippen molar-refractivity contribution in [2.75, 3.05) is 5.43 Å². The van der Waals surface area contributed by atoms with Crippen LogP contribution >= 0.6 is 0 Å². The number of benzene rings is 4. The molecular formula is C28H22N4. The number of anilines is 1. The molecule has 0 spiro atoms. The third kappa shape index (κ3) is 4.35. The molecule has 0 amide bonds. The summed E-state index contributed by atoms with van der Waals surface area (Å²) in [4.78, 5) is 0. The van der Waals surface area contributed by atoms with Crippen molar-refractivity contribution in [2.24, 2.45) is 5.10 Å². The number of para-hydroxylation sites is 1. The van der Waals surface area contributed by atoms with Crippen molar-refractivity contribution in [2.45, 2.75) is 0 Å². The van der Waals surface area contributed by atoms with E-state index in [1.165, 1.54) is 0 Å². The molecule has 0 radical (unpaired) electrons. The molecule has 154 valence electrons. The normalized spacial score (nSPS) is 11.0. The van der Waals surface area contributed by atoms with Crippen molar-refractivity contribution >= 4 is 11.9 Å². The lowest BCUT2D eigenvalue weighted by molar-refractivity contribution is 0.892. The average molecular weight is 415 g/mol. The summed E-state index contributed by atoms with van der Waals surface area (Å²) in [6.45, 7) is 0. The van der Waals surface area contributed by atoms with Crippen molar-refractivity contribution in [3.05, 3.63) is 127 Å². The van der Waals surface area contributed by atoms with Crippen LogP contribution in [0.5, 0.6) is 0 Å². The summed E-state index contributed by atoms with van der Waals surface area (Å²) in [5, 5.41) is 9.26. The lowest BCUT2D eigenvalue weighted by atomic mass is 10.1. The van der Waals surface area contributed by atoms with Crippen LogP contribution in [0.4, 0.5) is 5.69 Å². The number of nitrogens with one attached hydrogen (secondary N) is 1. The van der Waals surface area contributed by atoms with Crippen LogP contribution in [-0.4, -0.2) is 16.0 Å². The van der Waals surface area contributed by atoms with Crippen LogP contribution in [0, 0.1) is 0 Å². The molecule has 0 unspecified atom stereocenters. The van der Waals surface area contributed by atoms with Gasteiger partial charge in [-0.25, -0.2) is 4.68 Å². The smallest absolute Gasteiger partial charge is 0.0934 e. The molecular weight excluding hydrogens is 392 g/mol. The Hall–Kier alpha value is -4.44. The second-order valence-corrected chi connectivity index (χ2v) is 7.39. The lowest BCUT2D eigenvalue weighted by Crippen LogP contribution is -1.99. The fraction of sp³-hybridized carbons (Fsp3) is 0. The highest BCUT2D eigenvalue weighted by Crippen LogP contribution is 2.28. The molecule has 32 heavy (non-hydrogen) atoms. The molecule has 0 aliphatic carbocycles. The van der Waals surface area contributed by atoms with Gasteiger partial charge in [-0.2, -0.15) is 10.2 Å². The largest absolute Gasteiger partial charge is 0.279 e. The Morgan fingerprint density at radius 1 is 0.656 bits per heavy atom. The molecule has 1 aromatic heterocycles. The fourth-order valence-electron chi connectivity index (χ4n) is 3.54. The van der Waals surface area contributed by atoms with Crippen LogP contribution in [0.15, 0.2) is 126 Å². The van der Waals surface area contributed by atoms with Crippen LogP contribution < -0.4 is 5.43 Å². The quantitative estimate of drug-likeness (QED) is 0.250. The van der Waals surface area contributed by atoms with Gasteiger partial charge in [0.1, 0.15) is 0 Å². The molecule has 0 saturated heterocycles. The van der Waals surface area contributed by atoms with Crippen LogP contribution in [-0.2, 0) is 0 Å². The summed E-state index contributed by atoms with van der Waals surface area (Å²) in [6, 6.07) is 40.9. The number of nitrogens with zero attached hydrogens (tertiary/aromatic N) is 3. The fourth-order valence-corrected chi connectivity index (χ4v) is 3.54. The monoisotopic (exact) mass is 414 g/mol. The molecule has 1 N–H and O–H groups in total. The van der Waals surface area contributed by atoms with Gasteiger partial charge < -0.3 is 0 Å². The minimum Gasteiger partial charge on any atom is -0.279 e. The Morgan fingerprint density at radius 3 is 1.91 bits per heavy atom. The Labute approximate surface area is 187 Å². The third-order valence-electron chi connectivity index (χ3n) is 5.17. The van der Waals surface area contributed by atoms with Crippen molar-refractivity contribution in [1.29, 1.82) is 0 Å². The molecule has 4 heteroatoms. The van der Waals surface area contributed by atoms with Gasteiger partial charge in [0.05, 0.1) is 29.0 Å². The van der Waals surface area contributed by atoms with Gasteiger partial charge in [0.25, 0.3) is 0 Å². The molecule has 0 bridgehead atoms. The number of aromatic nitrogens is 2. The first-order chi connectivity index (χ1) is 15.9. The lowest BCUT2D eigenvalue weighted by Gasteiger charge is -2.08. The Balaban J connectivity index is 1.45. The second-order valence-electron chi connectivity index (χ2n) is 7.39. The predicted molar refractivity (Wildman–Crippen MR) is 132 cm³/mol. The predicted octanol–water partition coefficient (Wildman–Crippen LogP) is 6.65. The third-order valence-corrected chi connectivity index (χ3v) is 5.17. The number of hydrogen-bond acceptors (Lipinski definition) is 3. The molecule has 5 aromatic rings. The minimum absolute atomic E-state index is 0.946.